The van der Waals surface area contributed by atoms with Crippen LogP contribution < -0.4 is 10.1 Å². The number of hydrogen-bond donors (Lipinski definition) is 2. The quantitative estimate of drug-likeness (QED) is 0.708. The van der Waals surface area contributed by atoms with Crippen LogP contribution >= 0.6 is 11.6 Å². The Balaban J connectivity index is 1.35. The van der Waals surface area contributed by atoms with Crippen molar-refractivity contribution in [3.63, 3.8) is 0 Å². The molecule has 2 amide bonds. The molecular formula is C22H28ClN5O4. The molecule has 0 bridgehead atoms. The van der Waals surface area contributed by atoms with Gasteiger partial charge in [0.1, 0.15) is 0 Å². The van der Waals surface area contributed by atoms with Crippen molar-refractivity contribution in [1.82, 2.24) is 25.4 Å². The summed E-state index contributed by atoms with van der Waals surface area (Å²) in [6.45, 7) is 4.46. The first-order valence-corrected chi connectivity index (χ1v) is 11.2. The van der Waals surface area contributed by atoms with Crippen LogP contribution in [0.5, 0.6) is 5.88 Å². The maximum absolute atomic E-state index is 13.0. The Morgan fingerprint density at radius 1 is 1.28 bits per heavy atom. The zero-order chi connectivity index (χ0) is 22.7. The van der Waals surface area contributed by atoms with E-state index in [1.165, 1.54) is 13.3 Å². The number of amides is 2. The highest BCUT2D eigenvalue weighted by atomic mass is 35.5. The third kappa shape index (κ3) is 4.88. The number of rotatable bonds is 5. The molecule has 2 aliphatic heterocycles. The Kier molecular flexibility index (Phi) is 6.66. The molecule has 172 valence electrons. The summed E-state index contributed by atoms with van der Waals surface area (Å²) in [4.78, 5) is 31.5. The average molecular weight is 462 g/mol. The number of aromatic amines is 1. The first-order chi connectivity index (χ1) is 15.4. The third-order valence-electron chi connectivity index (χ3n) is 6.30. The van der Waals surface area contributed by atoms with Gasteiger partial charge in [0.2, 0.25) is 11.8 Å². The summed E-state index contributed by atoms with van der Waals surface area (Å²) in [6.07, 6.45) is 4.41. The Morgan fingerprint density at radius 2 is 2.00 bits per heavy atom. The van der Waals surface area contributed by atoms with Crippen LogP contribution in [-0.2, 0) is 9.53 Å². The Bertz CT molecular complexity index is 980. The molecule has 2 aliphatic rings. The summed E-state index contributed by atoms with van der Waals surface area (Å²) < 4.78 is 10.5. The number of aromatic nitrogens is 3. The monoisotopic (exact) mass is 461 g/mol. The van der Waals surface area contributed by atoms with Gasteiger partial charge in [-0.05, 0) is 38.7 Å². The number of piperidine rings is 1. The summed E-state index contributed by atoms with van der Waals surface area (Å²) in [6, 6.07) is 3.36. The highest BCUT2D eigenvalue weighted by Crippen LogP contribution is 2.29. The predicted octanol–water partition coefficient (Wildman–Crippen LogP) is 2.67. The zero-order valence-electron chi connectivity index (χ0n) is 18.3. The van der Waals surface area contributed by atoms with Gasteiger partial charge in [-0.15, -0.1) is 0 Å². The van der Waals surface area contributed by atoms with Gasteiger partial charge in [0.25, 0.3) is 5.91 Å². The van der Waals surface area contributed by atoms with Crippen LogP contribution in [0.1, 0.15) is 43.1 Å². The molecule has 4 rings (SSSR count). The van der Waals surface area contributed by atoms with Gasteiger partial charge in [0, 0.05) is 49.4 Å². The van der Waals surface area contributed by atoms with E-state index in [2.05, 4.69) is 27.4 Å². The van der Waals surface area contributed by atoms with E-state index in [1.54, 1.807) is 17.0 Å². The van der Waals surface area contributed by atoms with Crippen molar-refractivity contribution >= 4 is 23.4 Å². The molecule has 0 spiro atoms. The molecule has 2 saturated heterocycles. The second kappa shape index (κ2) is 9.46. The lowest BCUT2D eigenvalue weighted by molar-refractivity contribution is -0.129. The fourth-order valence-corrected chi connectivity index (χ4v) is 4.37. The lowest BCUT2D eigenvalue weighted by Gasteiger charge is -2.37. The molecular weight excluding hydrogens is 434 g/mol. The van der Waals surface area contributed by atoms with Gasteiger partial charge in [-0.25, -0.2) is 4.98 Å². The van der Waals surface area contributed by atoms with E-state index in [0.29, 0.717) is 67.0 Å². The second-order valence-electron chi connectivity index (χ2n) is 8.60. The van der Waals surface area contributed by atoms with Crippen molar-refractivity contribution in [2.24, 2.45) is 5.92 Å². The summed E-state index contributed by atoms with van der Waals surface area (Å²) >= 11 is 6.24. The van der Waals surface area contributed by atoms with Gasteiger partial charge in [-0.3, -0.25) is 14.7 Å². The number of hydrogen-bond acceptors (Lipinski definition) is 6. The van der Waals surface area contributed by atoms with Gasteiger partial charge in [-0.1, -0.05) is 11.6 Å². The molecule has 0 saturated carbocycles. The van der Waals surface area contributed by atoms with Crippen LogP contribution in [0.3, 0.4) is 0 Å². The van der Waals surface area contributed by atoms with E-state index in [4.69, 9.17) is 21.1 Å². The Labute approximate surface area is 191 Å². The predicted molar refractivity (Wildman–Crippen MR) is 119 cm³/mol. The molecule has 0 aliphatic carbocycles. The highest BCUT2D eigenvalue weighted by Gasteiger charge is 2.34. The first kappa shape index (κ1) is 22.5. The van der Waals surface area contributed by atoms with Gasteiger partial charge in [0.05, 0.1) is 24.0 Å². The van der Waals surface area contributed by atoms with Crippen LogP contribution in [-0.4, -0.2) is 70.8 Å². The lowest BCUT2D eigenvalue weighted by Crippen LogP contribution is -2.53. The molecule has 0 unspecified atom stereocenters. The Hall–Kier alpha value is -2.65. The summed E-state index contributed by atoms with van der Waals surface area (Å²) in [5.74, 6) is 0.239. The third-order valence-corrected chi connectivity index (χ3v) is 6.60. The van der Waals surface area contributed by atoms with Gasteiger partial charge in [0.15, 0.2) is 5.69 Å². The maximum atomic E-state index is 13.0. The van der Waals surface area contributed by atoms with E-state index >= 15 is 0 Å². The molecule has 2 N–H and O–H groups in total. The van der Waals surface area contributed by atoms with Crippen LogP contribution in [0.25, 0.3) is 11.3 Å². The minimum absolute atomic E-state index is 0.0739. The minimum Gasteiger partial charge on any atom is -0.481 e. The van der Waals surface area contributed by atoms with E-state index in [1.807, 2.05) is 0 Å². The molecule has 4 heterocycles. The number of carbonyl (C=O) groups is 2. The smallest absolute Gasteiger partial charge is 0.274 e. The second-order valence-corrected chi connectivity index (χ2v) is 9.01. The molecule has 0 atom stereocenters. The fourth-order valence-electron chi connectivity index (χ4n) is 4.16. The van der Waals surface area contributed by atoms with Crippen molar-refractivity contribution in [3.05, 3.63) is 29.0 Å². The SMILES string of the molecule is COc1cc(-c2cc(C(=O)N3CCC(C(=O)NC4(C)CCOCC4)CC3)n[nH]2)c(Cl)cn1. The standard InChI is InChI=1S/C22H28ClN5O4/c1-22(5-9-32-10-6-22)25-20(29)14-3-7-28(8-4-14)21(30)18-12-17(26-27-18)15-11-19(31-2)24-13-16(15)23/h11-14H,3-10H2,1-2H3,(H,25,29)(H,26,27). The number of carbonyl (C=O) groups excluding carboxylic acids is 2. The van der Waals surface area contributed by atoms with Crippen LogP contribution in [0.15, 0.2) is 18.3 Å². The number of halogens is 1. The molecule has 0 radical (unpaired) electrons. The van der Waals surface area contributed by atoms with Crippen LogP contribution in [0, 0.1) is 5.92 Å². The van der Waals surface area contributed by atoms with Crippen LogP contribution in [0.4, 0.5) is 0 Å². The molecule has 9 nitrogen and oxygen atoms in total. The number of H-pyrrole nitrogens is 1. The molecule has 10 heteroatoms. The van der Waals surface area contributed by atoms with Crippen molar-refractivity contribution in [2.45, 2.75) is 38.1 Å². The lowest BCUT2D eigenvalue weighted by atomic mass is 9.89. The maximum Gasteiger partial charge on any atom is 0.274 e. The van der Waals surface area contributed by atoms with Crippen molar-refractivity contribution in [1.29, 1.82) is 0 Å². The Morgan fingerprint density at radius 3 is 2.69 bits per heavy atom. The average Bonchev–Trinajstić information content (AvgIpc) is 3.29. The molecule has 2 aromatic rings. The van der Waals surface area contributed by atoms with Crippen molar-refractivity contribution < 1.29 is 19.1 Å². The number of ether oxygens (including phenoxy) is 2. The van der Waals surface area contributed by atoms with Gasteiger partial charge < -0.3 is 19.7 Å². The van der Waals surface area contributed by atoms with E-state index in [0.717, 1.165) is 12.8 Å². The van der Waals surface area contributed by atoms with E-state index in [9.17, 15) is 9.59 Å². The zero-order valence-corrected chi connectivity index (χ0v) is 19.1. The topological polar surface area (TPSA) is 109 Å². The molecule has 2 aromatic heterocycles. The summed E-state index contributed by atoms with van der Waals surface area (Å²) in [7, 11) is 1.52. The number of pyridine rings is 1. The molecule has 0 aromatic carbocycles. The van der Waals surface area contributed by atoms with E-state index < -0.39 is 0 Å². The highest BCUT2D eigenvalue weighted by molar-refractivity contribution is 6.33. The van der Waals surface area contributed by atoms with Crippen molar-refractivity contribution in [3.8, 4) is 17.1 Å². The number of nitrogens with zero attached hydrogens (tertiary/aromatic N) is 3. The number of methoxy groups -OCH3 is 1. The minimum atomic E-state index is -0.204. The summed E-state index contributed by atoms with van der Waals surface area (Å²) in [5.41, 5.74) is 1.37. The largest absolute Gasteiger partial charge is 0.481 e. The number of nitrogens with one attached hydrogen (secondary N) is 2. The number of likely N-dealkylation sites (tertiary alicyclic amines) is 1. The molecule has 2 fully saturated rings. The molecule has 32 heavy (non-hydrogen) atoms. The van der Waals surface area contributed by atoms with E-state index in [-0.39, 0.29) is 23.3 Å². The first-order valence-electron chi connectivity index (χ1n) is 10.8. The van der Waals surface area contributed by atoms with Gasteiger partial charge >= 0.3 is 0 Å². The summed E-state index contributed by atoms with van der Waals surface area (Å²) in [5, 5.41) is 10.7. The van der Waals surface area contributed by atoms with Gasteiger partial charge in [-0.2, -0.15) is 5.10 Å². The van der Waals surface area contributed by atoms with Crippen molar-refractivity contribution in [2.75, 3.05) is 33.4 Å². The van der Waals surface area contributed by atoms with Crippen LogP contribution in [0.2, 0.25) is 5.02 Å². The normalized spacial score (nSPS) is 18.9. The fraction of sp³-hybridized carbons (Fsp3) is 0.545.